The molecule has 42 heavy (non-hydrogen) atoms. The van der Waals surface area contributed by atoms with Crippen LogP contribution in [-0.4, -0.2) is 84.3 Å². The maximum atomic E-state index is 13.0. The molecule has 0 aliphatic carbocycles. The Balaban J connectivity index is 1.54. The fraction of sp³-hybridized carbons (Fsp3) is 0.471. The molecule has 0 heterocycles. The van der Waals surface area contributed by atoms with Crippen LogP contribution in [0.1, 0.15) is 36.7 Å². The Morgan fingerprint density at radius 1 is 0.667 bits per heavy atom. The van der Waals surface area contributed by atoms with E-state index in [1.807, 2.05) is 89.3 Å². The molecule has 0 bridgehead atoms. The number of likely N-dealkylation sites (N-methyl/N-ethyl adjacent to an activating group) is 1. The average Bonchev–Trinajstić information content (AvgIpc) is 2.99. The van der Waals surface area contributed by atoms with Gasteiger partial charge in [-0.25, -0.2) is 0 Å². The molecule has 0 saturated heterocycles. The number of nitrogens with zero attached hydrogens (tertiary/aromatic N) is 2. The number of Topliss-reactive ketones (excluding diaryl/α,β-unsaturated/α-hetero) is 2. The summed E-state index contributed by atoms with van der Waals surface area (Å²) in [4.78, 5) is 29.2. The minimum atomic E-state index is 0.0663. The summed E-state index contributed by atoms with van der Waals surface area (Å²) in [6.07, 6.45) is 0.427. The third kappa shape index (κ3) is 12.1. The van der Waals surface area contributed by atoms with E-state index >= 15 is 0 Å². The molecular formula is C34H46N2O2S4. The summed E-state index contributed by atoms with van der Waals surface area (Å²) in [7, 11) is 1.96. The van der Waals surface area contributed by atoms with Gasteiger partial charge in [-0.3, -0.25) is 9.59 Å². The van der Waals surface area contributed by atoms with Crippen molar-refractivity contribution in [3.8, 4) is 0 Å². The topological polar surface area (TPSA) is 40.6 Å². The highest BCUT2D eigenvalue weighted by Gasteiger charge is 2.12. The van der Waals surface area contributed by atoms with Crippen LogP contribution in [0, 0.1) is 0 Å². The second-order valence-corrected chi connectivity index (χ2v) is 15.4. The van der Waals surface area contributed by atoms with Gasteiger partial charge < -0.3 is 9.80 Å². The molecule has 0 spiro atoms. The number of hydrogen-bond donors (Lipinski definition) is 0. The van der Waals surface area contributed by atoms with E-state index in [1.54, 1.807) is 6.92 Å². The van der Waals surface area contributed by atoms with Gasteiger partial charge in [-0.2, -0.15) is 47.0 Å². The van der Waals surface area contributed by atoms with Gasteiger partial charge >= 0.3 is 0 Å². The zero-order chi connectivity index (χ0) is 30.2. The van der Waals surface area contributed by atoms with Gasteiger partial charge in [-0.05, 0) is 65.1 Å². The molecule has 228 valence electrons. The largest absolute Gasteiger partial charge is 0.370 e. The van der Waals surface area contributed by atoms with E-state index in [4.69, 9.17) is 0 Å². The summed E-state index contributed by atoms with van der Waals surface area (Å²) in [5.74, 6) is 9.81. The molecule has 3 aromatic carbocycles. The number of hydrogen-bond acceptors (Lipinski definition) is 8. The Morgan fingerprint density at radius 3 is 1.81 bits per heavy atom. The molecule has 3 aromatic rings. The lowest BCUT2D eigenvalue weighted by atomic mass is 10.0. The van der Waals surface area contributed by atoms with E-state index in [2.05, 4.69) is 49.1 Å². The van der Waals surface area contributed by atoms with Gasteiger partial charge in [0.1, 0.15) is 0 Å². The number of fused-ring (bicyclic) bond motifs is 1. The molecule has 0 unspecified atom stereocenters. The Bertz CT molecular complexity index is 1240. The molecule has 0 aliphatic rings. The monoisotopic (exact) mass is 642 g/mol. The van der Waals surface area contributed by atoms with Crippen LogP contribution in [-0.2, 0) is 11.2 Å². The van der Waals surface area contributed by atoms with Crippen molar-refractivity contribution in [2.24, 2.45) is 0 Å². The van der Waals surface area contributed by atoms with Gasteiger partial charge in [0.25, 0.3) is 0 Å². The smallest absolute Gasteiger partial charge is 0.159 e. The normalized spacial score (nSPS) is 11.1. The molecule has 0 aliphatic heterocycles. The zero-order valence-corrected chi connectivity index (χ0v) is 28.9. The molecule has 8 heteroatoms. The first kappa shape index (κ1) is 34.7. The lowest BCUT2D eigenvalue weighted by Gasteiger charge is -2.25. The molecule has 0 N–H and O–H groups in total. The van der Waals surface area contributed by atoms with Gasteiger partial charge in [0.05, 0.1) is 6.54 Å². The van der Waals surface area contributed by atoms with E-state index in [1.165, 1.54) is 40.2 Å². The van der Waals surface area contributed by atoms with E-state index in [-0.39, 0.29) is 11.6 Å². The molecule has 0 aromatic heterocycles. The Kier molecular flexibility index (Phi) is 16.1. The summed E-state index contributed by atoms with van der Waals surface area (Å²) in [6.45, 7) is 8.49. The van der Waals surface area contributed by atoms with E-state index in [0.29, 0.717) is 18.5 Å². The minimum absolute atomic E-state index is 0.0663. The van der Waals surface area contributed by atoms with Gasteiger partial charge in [-0.15, -0.1) is 0 Å². The highest BCUT2D eigenvalue weighted by molar-refractivity contribution is 8.03. The van der Waals surface area contributed by atoms with Crippen LogP contribution in [0.25, 0.3) is 10.8 Å². The van der Waals surface area contributed by atoms with Crippen LogP contribution in [0.3, 0.4) is 0 Å². The standard InChI is InChI=1S/C34H46N2O2S4/c1-5-39-19-21-41-17-15-36(16-18-42-22-20-40-6-2)32-12-7-28(8-13-32)23-34(38)26-35(4)33-14-11-30-24-29(27(3)37)9-10-31(30)25-33/h7-14,24-25H,5-6,15-23,26H2,1-4H3. The number of ketones is 2. The Morgan fingerprint density at radius 2 is 1.21 bits per heavy atom. The minimum Gasteiger partial charge on any atom is -0.370 e. The van der Waals surface area contributed by atoms with Crippen molar-refractivity contribution >= 4 is 80.8 Å². The van der Waals surface area contributed by atoms with Crippen LogP contribution in [0.15, 0.2) is 60.7 Å². The maximum absolute atomic E-state index is 13.0. The lowest BCUT2D eigenvalue weighted by molar-refractivity contribution is -0.117. The third-order valence-electron chi connectivity index (χ3n) is 6.95. The molecule has 0 radical (unpaired) electrons. The molecule has 4 nitrogen and oxygen atoms in total. The SMILES string of the molecule is CCSCCSCCN(CCSCCSCC)c1ccc(CC(=O)CN(C)c2ccc3cc(C(C)=O)ccc3c2)cc1. The fourth-order valence-electron chi connectivity index (χ4n) is 4.60. The van der Waals surface area contributed by atoms with Gasteiger partial charge in [0.15, 0.2) is 11.6 Å². The van der Waals surface area contributed by atoms with E-state index in [0.717, 1.165) is 46.6 Å². The predicted octanol–water partition coefficient (Wildman–Crippen LogP) is 8.07. The first-order valence-electron chi connectivity index (χ1n) is 14.8. The summed E-state index contributed by atoms with van der Waals surface area (Å²) in [5.41, 5.74) is 4.02. The van der Waals surface area contributed by atoms with Crippen molar-refractivity contribution in [2.75, 3.05) is 82.5 Å². The van der Waals surface area contributed by atoms with Crippen LogP contribution in [0.2, 0.25) is 0 Å². The number of thioether (sulfide) groups is 4. The van der Waals surface area contributed by atoms with Crippen LogP contribution in [0.4, 0.5) is 11.4 Å². The van der Waals surface area contributed by atoms with Gasteiger partial charge in [-0.1, -0.05) is 44.2 Å². The van der Waals surface area contributed by atoms with Gasteiger partial charge in [0.2, 0.25) is 0 Å². The average molecular weight is 643 g/mol. The first-order chi connectivity index (χ1) is 20.4. The van der Waals surface area contributed by atoms with Crippen molar-refractivity contribution in [2.45, 2.75) is 27.2 Å². The molecular weight excluding hydrogens is 597 g/mol. The van der Waals surface area contributed by atoms with E-state index in [9.17, 15) is 9.59 Å². The van der Waals surface area contributed by atoms with Crippen molar-refractivity contribution in [3.63, 3.8) is 0 Å². The highest BCUT2D eigenvalue weighted by atomic mass is 32.2. The summed E-state index contributed by atoms with van der Waals surface area (Å²) in [5, 5.41) is 2.09. The van der Waals surface area contributed by atoms with Crippen molar-refractivity contribution in [1.82, 2.24) is 0 Å². The number of benzene rings is 3. The number of rotatable bonds is 21. The molecule has 0 amide bonds. The Labute approximate surface area is 270 Å². The molecule has 0 atom stereocenters. The maximum Gasteiger partial charge on any atom is 0.159 e. The quantitative estimate of drug-likeness (QED) is 0.0854. The first-order valence-corrected chi connectivity index (χ1v) is 19.5. The molecule has 3 rings (SSSR count). The number of carbonyl (C=O) groups excluding carboxylic acids is 2. The van der Waals surface area contributed by atoms with Gasteiger partial charge in [0, 0.05) is 78.0 Å². The third-order valence-corrected chi connectivity index (χ3v) is 11.2. The van der Waals surface area contributed by atoms with Crippen molar-refractivity contribution in [1.29, 1.82) is 0 Å². The zero-order valence-electron chi connectivity index (χ0n) is 25.6. The summed E-state index contributed by atoms with van der Waals surface area (Å²) >= 11 is 8.13. The van der Waals surface area contributed by atoms with Crippen LogP contribution >= 0.6 is 47.0 Å². The number of anilines is 2. The predicted molar refractivity (Wildman–Crippen MR) is 195 cm³/mol. The highest BCUT2D eigenvalue weighted by Crippen LogP contribution is 2.24. The van der Waals surface area contributed by atoms with Crippen molar-refractivity contribution < 1.29 is 9.59 Å². The van der Waals surface area contributed by atoms with Crippen molar-refractivity contribution in [3.05, 3.63) is 71.8 Å². The second kappa shape index (κ2) is 19.5. The summed E-state index contributed by atoms with van der Waals surface area (Å²) < 4.78 is 0. The summed E-state index contributed by atoms with van der Waals surface area (Å²) in [6, 6.07) is 20.5. The fourth-order valence-corrected chi connectivity index (χ4v) is 8.17. The molecule has 0 saturated carbocycles. The van der Waals surface area contributed by atoms with Crippen LogP contribution in [0.5, 0.6) is 0 Å². The number of carbonyl (C=O) groups is 2. The Hall–Kier alpha value is -1.74. The molecule has 0 fully saturated rings. The second-order valence-electron chi connectivity index (χ2n) is 10.1. The van der Waals surface area contributed by atoms with Crippen LogP contribution < -0.4 is 9.80 Å². The van der Waals surface area contributed by atoms with E-state index < -0.39 is 0 Å². The lowest BCUT2D eigenvalue weighted by Crippen LogP contribution is -2.29.